The van der Waals surface area contributed by atoms with Crippen LogP contribution in [0.1, 0.15) is 55.6 Å². The lowest BCUT2D eigenvalue weighted by atomic mass is 10.0. The molecule has 31 heavy (non-hydrogen) atoms. The SMILES string of the molecule is CCC(=O)N(C)c1ccc(OCc2ccc(C(F)(F)F)cc2C(=O)OC(C)(C)C)cc1. The van der Waals surface area contributed by atoms with Gasteiger partial charge in [-0.05, 0) is 57.2 Å². The van der Waals surface area contributed by atoms with Crippen LogP contribution in [0.4, 0.5) is 18.9 Å². The Morgan fingerprint density at radius 2 is 1.61 bits per heavy atom. The van der Waals surface area contributed by atoms with E-state index in [0.717, 1.165) is 12.1 Å². The van der Waals surface area contributed by atoms with Crippen LogP contribution in [0, 0.1) is 0 Å². The minimum absolute atomic E-state index is 0.0413. The molecule has 1 amide bonds. The molecule has 0 aliphatic carbocycles. The number of hydrogen-bond donors (Lipinski definition) is 0. The Kier molecular flexibility index (Phi) is 7.36. The quantitative estimate of drug-likeness (QED) is 0.551. The van der Waals surface area contributed by atoms with Gasteiger partial charge in [0, 0.05) is 24.7 Å². The molecule has 8 heteroatoms. The molecule has 0 unspecified atom stereocenters. The van der Waals surface area contributed by atoms with E-state index in [2.05, 4.69) is 0 Å². The smallest absolute Gasteiger partial charge is 0.416 e. The summed E-state index contributed by atoms with van der Waals surface area (Å²) in [5, 5.41) is 0. The number of anilines is 1. The van der Waals surface area contributed by atoms with Crippen molar-refractivity contribution in [1.29, 1.82) is 0 Å². The minimum Gasteiger partial charge on any atom is -0.489 e. The van der Waals surface area contributed by atoms with E-state index in [4.69, 9.17) is 9.47 Å². The summed E-state index contributed by atoms with van der Waals surface area (Å²) >= 11 is 0. The lowest BCUT2D eigenvalue weighted by Gasteiger charge is -2.21. The Morgan fingerprint density at radius 1 is 1.00 bits per heavy atom. The molecule has 2 aromatic rings. The second-order valence-corrected chi connectivity index (χ2v) is 7.96. The van der Waals surface area contributed by atoms with Crippen molar-refractivity contribution in [3.63, 3.8) is 0 Å². The first-order chi connectivity index (χ1) is 14.3. The minimum atomic E-state index is -4.59. The van der Waals surface area contributed by atoms with E-state index in [-0.39, 0.29) is 23.6 Å². The normalized spacial score (nSPS) is 11.7. The molecule has 0 saturated carbocycles. The van der Waals surface area contributed by atoms with Crippen LogP contribution < -0.4 is 9.64 Å². The van der Waals surface area contributed by atoms with Gasteiger partial charge >= 0.3 is 12.1 Å². The Bertz CT molecular complexity index is 931. The van der Waals surface area contributed by atoms with Crippen molar-refractivity contribution in [2.24, 2.45) is 0 Å². The van der Waals surface area contributed by atoms with Crippen LogP contribution in [0.5, 0.6) is 5.75 Å². The van der Waals surface area contributed by atoms with Crippen molar-refractivity contribution < 1.29 is 32.2 Å². The van der Waals surface area contributed by atoms with Crippen molar-refractivity contribution >= 4 is 17.6 Å². The highest BCUT2D eigenvalue weighted by molar-refractivity contribution is 5.92. The topological polar surface area (TPSA) is 55.8 Å². The van der Waals surface area contributed by atoms with E-state index in [1.807, 2.05) is 0 Å². The molecule has 0 aromatic heterocycles. The van der Waals surface area contributed by atoms with E-state index in [0.29, 0.717) is 17.9 Å². The molecule has 5 nitrogen and oxygen atoms in total. The first-order valence-corrected chi connectivity index (χ1v) is 9.74. The Labute approximate surface area is 179 Å². The summed E-state index contributed by atoms with van der Waals surface area (Å²) in [6, 6.07) is 9.58. The van der Waals surface area contributed by atoms with Gasteiger partial charge in [0.1, 0.15) is 18.0 Å². The van der Waals surface area contributed by atoms with Gasteiger partial charge in [0.2, 0.25) is 5.91 Å². The highest BCUT2D eigenvalue weighted by atomic mass is 19.4. The average Bonchev–Trinajstić information content (AvgIpc) is 2.69. The van der Waals surface area contributed by atoms with Crippen molar-refractivity contribution in [2.45, 2.75) is 52.5 Å². The molecule has 0 spiro atoms. The highest BCUT2D eigenvalue weighted by Gasteiger charge is 2.32. The maximum Gasteiger partial charge on any atom is 0.416 e. The van der Waals surface area contributed by atoms with Gasteiger partial charge in [0.15, 0.2) is 0 Å². The van der Waals surface area contributed by atoms with Gasteiger partial charge < -0.3 is 14.4 Å². The van der Waals surface area contributed by atoms with E-state index >= 15 is 0 Å². The first kappa shape index (κ1) is 24.2. The maximum atomic E-state index is 13.1. The number of nitrogens with zero attached hydrogens (tertiary/aromatic N) is 1. The molecule has 168 valence electrons. The standard InChI is InChI=1S/C23H26F3NO4/c1-6-20(28)27(5)17-9-11-18(12-10-17)30-14-15-7-8-16(23(24,25)26)13-19(15)21(29)31-22(2,3)4/h7-13H,6,14H2,1-5H3. The van der Waals surface area contributed by atoms with E-state index in [1.54, 1.807) is 59.0 Å². The summed E-state index contributed by atoms with van der Waals surface area (Å²) in [5.41, 5.74) is -1.05. The van der Waals surface area contributed by atoms with Gasteiger partial charge in [0.25, 0.3) is 0 Å². The molecule has 2 rings (SSSR count). The third-order valence-electron chi connectivity index (χ3n) is 4.35. The number of halogens is 3. The molecular weight excluding hydrogens is 411 g/mol. The fraction of sp³-hybridized carbons (Fsp3) is 0.391. The van der Waals surface area contributed by atoms with E-state index in [1.165, 1.54) is 11.0 Å². The lowest BCUT2D eigenvalue weighted by molar-refractivity contribution is -0.137. The number of benzene rings is 2. The van der Waals surface area contributed by atoms with Crippen molar-refractivity contribution in [3.05, 3.63) is 59.2 Å². The zero-order valence-electron chi connectivity index (χ0n) is 18.2. The molecular formula is C23H26F3NO4. The fourth-order valence-electron chi connectivity index (χ4n) is 2.71. The first-order valence-electron chi connectivity index (χ1n) is 9.74. The van der Waals surface area contributed by atoms with Crippen molar-refractivity contribution in [2.75, 3.05) is 11.9 Å². The summed E-state index contributed by atoms with van der Waals surface area (Å²) in [7, 11) is 1.66. The summed E-state index contributed by atoms with van der Waals surface area (Å²) in [6.07, 6.45) is -4.22. The van der Waals surface area contributed by atoms with Gasteiger partial charge in [-0.1, -0.05) is 13.0 Å². The van der Waals surface area contributed by atoms with Crippen LogP contribution in [-0.2, 0) is 22.3 Å². The predicted molar refractivity (Wildman–Crippen MR) is 111 cm³/mol. The monoisotopic (exact) mass is 437 g/mol. The van der Waals surface area contributed by atoms with Gasteiger partial charge in [-0.2, -0.15) is 13.2 Å². The number of carbonyl (C=O) groups is 2. The number of rotatable bonds is 6. The van der Waals surface area contributed by atoms with Gasteiger partial charge in [-0.15, -0.1) is 0 Å². The molecule has 0 heterocycles. The Hall–Kier alpha value is -3.03. The highest BCUT2D eigenvalue weighted by Crippen LogP contribution is 2.31. The number of amides is 1. The third kappa shape index (κ3) is 6.73. The largest absolute Gasteiger partial charge is 0.489 e. The molecule has 0 aliphatic heterocycles. The maximum absolute atomic E-state index is 13.1. The summed E-state index contributed by atoms with van der Waals surface area (Å²) in [4.78, 5) is 25.8. The van der Waals surface area contributed by atoms with Crippen molar-refractivity contribution in [1.82, 2.24) is 0 Å². The zero-order chi connectivity index (χ0) is 23.4. The Morgan fingerprint density at radius 3 is 2.13 bits per heavy atom. The second kappa shape index (κ2) is 9.41. The fourth-order valence-corrected chi connectivity index (χ4v) is 2.71. The summed E-state index contributed by atoms with van der Waals surface area (Å²) < 4.78 is 50.3. The van der Waals surface area contributed by atoms with Gasteiger partial charge in [-0.3, -0.25) is 4.79 Å². The number of esters is 1. The molecule has 0 fully saturated rings. The average molecular weight is 437 g/mol. The number of carbonyl (C=O) groups excluding carboxylic acids is 2. The summed E-state index contributed by atoms with van der Waals surface area (Å²) in [6.45, 7) is 6.54. The molecule has 0 aliphatic rings. The number of alkyl halides is 3. The molecule has 0 N–H and O–H groups in total. The Balaban J connectivity index is 2.24. The van der Waals surface area contributed by atoms with Crippen LogP contribution in [0.25, 0.3) is 0 Å². The lowest BCUT2D eigenvalue weighted by Crippen LogP contribution is -2.25. The molecule has 0 saturated heterocycles. The van der Waals surface area contributed by atoms with Crippen LogP contribution in [0.2, 0.25) is 0 Å². The summed E-state index contributed by atoms with van der Waals surface area (Å²) in [5.74, 6) is -0.455. The van der Waals surface area contributed by atoms with Crippen LogP contribution >= 0.6 is 0 Å². The van der Waals surface area contributed by atoms with Gasteiger partial charge in [0.05, 0.1) is 11.1 Å². The van der Waals surface area contributed by atoms with Crippen LogP contribution in [-0.4, -0.2) is 24.5 Å². The van der Waals surface area contributed by atoms with Crippen LogP contribution in [0.3, 0.4) is 0 Å². The van der Waals surface area contributed by atoms with E-state index < -0.39 is 23.3 Å². The molecule has 0 bridgehead atoms. The number of hydrogen-bond acceptors (Lipinski definition) is 4. The van der Waals surface area contributed by atoms with Crippen molar-refractivity contribution in [3.8, 4) is 5.75 Å². The zero-order valence-corrected chi connectivity index (χ0v) is 18.2. The van der Waals surface area contributed by atoms with Crippen LogP contribution in [0.15, 0.2) is 42.5 Å². The van der Waals surface area contributed by atoms with E-state index in [9.17, 15) is 22.8 Å². The number of ether oxygens (including phenoxy) is 2. The predicted octanol–water partition coefficient (Wildman–Crippen LogP) is 5.61. The van der Waals surface area contributed by atoms with Gasteiger partial charge in [-0.25, -0.2) is 4.79 Å². The molecule has 2 aromatic carbocycles. The third-order valence-corrected chi connectivity index (χ3v) is 4.35. The second-order valence-electron chi connectivity index (χ2n) is 7.96. The molecule has 0 radical (unpaired) electrons. The molecule has 0 atom stereocenters.